The topological polar surface area (TPSA) is 3.24 Å². The van der Waals surface area contributed by atoms with Crippen molar-refractivity contribution in [3.05, 3.63) is 71.8 Å². The lowest BCUT2D eigenvalue weighted by atomic mass is 9.98. The highest BCUT2D eigenvalue weighted by Crippen LogP contribution is 2.34. The van der Waals surface area contributed by atoms with E-state index in [1.165, 1.54) is 16.8 Å². The molecule has 0 N–H and O–H groups in total. The Kier molecular flexibility index (Phi) is 2.45. The number of para-hydroxylation sites is 1. The van der Waals surface area contributed by atoms with Gasteiger partial charge in [0.2, 0.25) is 0 Å². The molecule has 2 aromatic carbocycles. The molecule has 3 rings (SSSR count). The lowest BCUT2D eigenvalue weighted by molar-refractivity contribution is 0.805. The van der Waals surface area contributed by atoms with E-state index in [0.717, 1.165) is 0 Å². The van der Waals surface area contributed by atoms with Crippen molar-refractivity contribution in [2.45, 2.75) is 6.04 Å². The molecule has 2 aromatic rings. The molecule has 0 fully saturated rings. The maximum absolute atomic E-state index is 2.32. The summed E-state index contributed by atoms with van der Waals surface area (Å²) in [6.07, 6.45) is 4.48. The van der Waals surface area contributed by atoms with Crippen molar-refractivity contribution >= 4 is 11.8 Å². The van der Waals surface area contributed by atoms with Crippen LogP contribution in [0.5, 0.6) is 0 Å². The van der Waals surface area contributed by atoms with Gasteiger partial charge in [0.05, 0.1) is 6.04 Å². The Bertz CT molecular complexity index is 542. The maximum atomic E-state index is 2.32. The van der Waals surface area contributed by atoms with E-state index < -0.39 is 0 Å². The van der Waals surface area contributed by atoms with Gasteiger partial charge < -0.3 is 4.90 Å². The van der Waals surface area contributed by atoms with E-state index in [4.69, 9.17) is 0 Å². The van der Waals surface area contributed by atoms with Gasteiger partial charge in [0.25, 0.3) is 0 Å². The van der Waals surface area contributed by atoms with Crippen LogP contribution >= 0.6 is 0 Å². The number of rotatable bonds is 1. The van der Waals surface area contributed by atoms with Crippen LogP contribution in [0.2, 0.25) is 0 Å². The van der Waals surface area contributed by atoms with Gasteiger partial charge in [0.1, 0.15) is 0 Å². The summed E-state index contributed by atoms with van der Waals surface area (Å²) in [4.78, 5) is 2.32. The number of nitrogens with zero attached hydrogens (tertiary/aromatic N) is 1. The number of hydrogen-bond donors (Lipinski definition) is 0. The fraction of sp³-hybridized carbons (Fsp3) is 0.125. The van der Waals surface area contributed by atoms with E-state index in [2.05, 4.69) is 78.7 Å². The third-order valence-corrected chi connectivity index (χ3v) is 3.33. The zero-order chi connectivity index (χ0) is 11.7. The average Bonchev–Trinajstić information content (AvgIpc) is 2.40. The zero-order valence-corrected chi connectivity index (χ0v) is 9.88. The lowest BCUT2D eigenvalue weighted by Crippen LogP contribution is -2.25. The molecule has 0 aromatic heterocycles. The minimum absolute atomic E-state index is 0.339. The largest absolute Gasteiger partial charge is 0.364 e. The van der Waals surface area contributed by atoms with Crippen LogP contribution in [0.25, 0.3) is 6.08 Å². The molecule has 1 heterocycles. The number of fused-ring (bicyclic) bond motifs is 1. The fourth-order valence-electron chi connectivity index (χ4n) is 2.41. The second kappa shape index (κ2) is 4.10. The van der Waals surface area contributed by atoms with Gasteiger partial charge in [0, 0.05) is 12.7 Å². The molecule has 1 nitrogen and oxygen atoms in total. The average molecular weight is 221 g/mol. The van der Waals surface area contributed by atoms with E-state index in [9.17, 15) is 0 Å². The molecule has 0 saturated heterocycles. The Morgan fingerprint density at radius 3 is 2.41 bits per heavy atom. The summed E-state index contributed by atoms with van der Waals surface area (Å²) in [5.41, 5.74) is 3.92. The van der Waals surface area contributed by atoms with Gasteiger partial charge in [-0.25, -0.2) is 0 Å². The molecule has 0 unspecified atom stereocenters. The van der Waals surface area contributed by atoms with Crippen molar-refractivity contribution in [1.29, 1.82) is 0 Å². The van der Waals surface area contributed by atoms with Crippen LogP contribution in [0.15, 0.2) is 60.7 Å². The molecule has 1 aliphatic heterocycles. The highest BCUT2D eigenvalue weighted by molar-refractivity contribution is 5.72. The summed E-state index contributed by atoms with van der Waals surface area (Å²) in [6, 6.07) is 19.5. The highest BCUT2D eigenvalue weighted by atomic mass is 15.1. The van der Waals surface area contributed by atoms with Gasteiger partial charge in [-0.3, -0.25) is 0 Å². The summed E-state index contributed by atoms with van der Waals surface area (Å²) in [6.45, 7) is 0. The second-order valence-corrected chi connectivity index (χ2v) is 4.38. The molecule has 1 atom stereocenters. The SMILES string of the molecule is CN1c2ccccc2C=C[C@H]1c1ccccc1. The Balaban J connectivity index is 2.03. The van der Waals surface area contributed by atoms with Gasteiger partial charge >= 0.3 is 0 Å². The van der Waals surface area contributed by atoms with E-state index in [1.807, 2.05) is 0 Å². The Hall–Kier alpha value is -2.02. The Morgan fingerprint density at radius 2 is 1.59 bits per heavy atom. The lowest BCUT2D eigenvalue weighted by Gasteiger charge is -2.32. The minimum Gasteiger partial charge on any atom is -0.364 e. The first-order valence-electron chi connectivity index (χ1n) is 5.91. The standard InChI is InChI=1S/C16H15N/c1-17-15-10-6-5-9-14(15)11-12-16(17)13-7-3-2-4-8-13/h2-12,16H,1H3/t16-/m0/s1. The van der Waals surface area contributed by atoms with E-state index >= 15 is 0 Å². The summed E-state index contributed by atoms with van der Waals surface area (Å²) < 4.78 is 0. The molecule has 1 heteroatoms. The van der Waals surface area contributed by atoms with Crippen LogP contribution < -0.4 is 4.90 Å². The first kappa shape index (κ1) is 10.2. The smallest absolute Gasteiger partial charge is 0.0726 e. The number of benzene rings is 2. The van der Waals surface area contributed by atoms with Crippen LogP contribution in [0.4, 0.5) is 5.69 Å². The number of likely N-dealkylation sites (N-methyl/N-ethyl adjacent to an activating group) is 1. The van der Waals surface area contributed by atoms with Crippen molar-refractivity contribution in [2.75, 3.05) is 11.9 Å². The summed E-state index contributed by atoms with van der Waals surface area (Å²) >= 11 is 0. The van der Waals surface area contributed by atoms with Crippen molar-refractivity contribution in [3.63, 3.8) is 0 Å². The molecule has 0 saturated carbocycles. The minimum atomic E-state index is 0.339. The van der Waals surface area contributed by atoms with Crippen molar-refractivity contribution < 1.29 is 0 Å². The van der Waals surface area contributed by atoms with Crippen molar-refractivity contribution in [1.82, 2.24) is 0 Å². The molecule has 17 heavy (non-hydrogen) atoms. The van der Waals surface area contributed by atoms with Crippen molar-refractivity contribution in [3.8, 4) is 0 Å². The molecular weight excluding hydrogens is 206 g/mol. The fourth-order valence-corrected chi connectivity index (χ4v) is 2.41. The summed E-state index contributed by atoms with van der Waals surface area (Å²) in [5.74, 6) is 0. The Morgan fingerprint density at radius 1 is 0.882 bits per heavy atom. The summed E-state index contributed by atoms with van der Waals surface area (Å²) in [7, 11) is 2.15. The molecule has 0 bridgehead atoms. The third-order valence-electron chi connectivity index (χ3n) is 3.33. The number of hydrogen-bond acceptors (Lipinski definition) is 1. The van der Waals surface area contributed by atoms with Crippen LogP contribution in [0.1, 0.15) is 17.2 Å². The van der Waals surface area contributed by atoms with Gasteiger partial charge in [-0.15, -0.1) is 0 Å². The monoisotopic (exact) mass is 221 g/mol. The maximum Gasteiger partial charge on any atom is 0.0726 e. The molecule has 0 aliphatic carbocycles. The molecule has 0 spiro atoms. The van der Waals surface area contributed by atoms with Crippen molar-refractivity contribution in [2.24, 2.45) is 0 Å². The number of anilines is 1. The highest BCUT2D eigenvalue weighted by Gasteiger charge is 2.19. The van der Waals surface area contributed by atoms with E-state index in [0.29, 0.717) is 6.04 Å². The predicted octanol–water partition coefficient (Wildman–Crippen LogP) is 3.89. The zero-order valence-electron chi connectivity index (χ0n) is 9.88. The molecule has 0 radical (unpaired) electrons. The molecule has 1 aliphatic rings. The quantitative estimate of drug-likeness (QED) is 0.706. The molecule has 84 valence electrons. The molecule has 0 amide bonds. The van der Waals surface area contributed by atoms with E-state index in [-0.39, 0.29) is 0 Å². The van der Waals surface area contributed by atoms with Crippen LogP contribution in [-0.4, -0.2) is 7.05 Å². The van der Waals surface area contributed by atoms with Crippen LogP contribution in [0.3, 0.4) is 0 Å². The van der Waals surface area contributed by atoms with Gasteiger partial charge in [0.15, 0.2) is 0 Å². The normalized spacial score (nSPS) is 17.9. The predicted molar refractivity (Wildman–Crippen MR) is 73.1 cm³/mol. The van der Waals surface area contributed by atoms with Crippen LogP contribution in [0, 0.1) is 0 Å². The first-order valence-corrected chi connectivity index (χ1v) is 5.91. The Labute approximate surface area is 102 Å². The summed E-state index contributed by atoms with van der Waals surface area (Å²) in [5, 5.41) is 0. The van der Waals surface area contributed by atoms with Gasteiger partial charge in [-0.2, -0.15) is 0 Å². The van der Waals surface area contributed by atoms with Crippen LogP contribution in [-0.2, 0) is 0 Å². The van der Waals surface area contributed by atoms with Gasteiger partial charge in [-0.1, -0.05) is 60.7 Å². The van der Waals surface area contributed by atoms with Gasteiger partial charge in [-0.05, 0) is 17.2 Å². The molecular formula is C16H15N. The van der Waals surface area contributed by atoms with E-state index in [1.54, 1.807) is 0 Å². The first-order chi connectivity index (χ1) is 8.36. The third kappa shape index (κ3) is 1.74. The second-order valence-electron chi connectivity index (χ2n) is 4.38.